The number of halogens is 4. The molecular weight excluding hydrogens is 533 g/mol. The Hall–Kier alpha value is -3.11. The summed E-state index contributed by atoms with van der Waals surface area (Å²) in [6.45, 7) is 4.68. The number of ether oxygens (including phenoxy) is 1. The van der Waals surface area contributed by atoms with E-state index in [2.05, 4.69) is 14.8 Å². The quantitative estimate of drug-likeness (QED) is 0.467. The summed E-state index contributed by atoms with van der Waals surface area (Å²) in [7, 11) is 0. The van der Waals surface area contributed by atoms with E-state index < -0.39 is 11.7 Å². The first-order valence-corrected chi connectivity index (χ1v) is 13.5. The summed E-state index contributed by atoms with van der Waals surface area (Å²) in [5, 5.41) is -0.321. The fraction of sp³-hybridized carbons (Fsp3) is 0.464. The number of benzene rings is 1. The fourth-order valence-electron chi connectivity index (χ4n) is 5.76. The van der Waals surface area contributed by atoms with Crippen LogP contribution in [0.25, 0.3) is 5.57 Å². The number of aromatic nitrogens is 1. The van der Waals surface area contributed by atoms with Gasteiger partial charge in [-0.3, -0.25) is 9.69 Å². The van der Waals surface area contributed by atoms with Crippen LogP contribution in [0.4, 0.5) is 19.0 Å². The number of anilines is 1. The van der Waals surface area contributed by atoms with E-state index in [1.54, 1.807) is 30.2 Å². The number of hydrogen-bond donors (Lipinski definition) is 0. The van der Waals surface area contributed by atoms with E-state index in [1.165, 1.54) is 6.07 Å². The fourth-order valence-corrected chi connectivity index (χ4v) is 5.98. The Morgan fingerprint density at radius 3 is 2.46 bits per heavy atom. The Morgan fingerprint density at radius 2 is 1.87 bits per heavy atom. The molecule has 0 N–H and O–H groups in total. The molecule has 3 aliphatic heterocycles. The van der Waals surface area contributed by atoms with Crippen LogP contribution in [0.2, 0.25) is 5.02 Å². The summed E-state index contributed by atoms with van der Waals surface area (Å²) >= 11 is 5.75. The van der Waals surface area contributed by atoms with Gasteiger partial charge in [0.2, 0.25) is 5.91 Å². The molecule has 3 aliphatic rings. The number of carbonyl (C=O) groups is 2. The third-order valence-electron chi connectivity index (χ3n) is 7.64. The van der Waals surface area contributed by atoms with Crippen LogP contribution in [0.3, 0.4) is 0 Å². The van der Waals surface area contributed by atoms with Crippen molar-refractivity contribution in [3.8, 4) is 0 Å². The van der Waals surface area contributed by atoms with Gasteiger partial charge in [0.1, 0.15) is 5.82 Å². The molecule has 0 spiro atoms. The number of hydrogen-bond acceptors (Lipinski definition) is 6. The van der Waals surface area contributed by atoms with Crippen molar-refractivity contribution in [3.63, 3.8) is 0 Å². The number of carbonyl (C=O) groups excluding carboxylic acids is 2. The van der Waals surface area contributed by atoms with E-state index in [1.807, 2.05) is 12.1 Å². The summed E-state index contributed by atoms with van der Waals surface area (Å²) in [5.74, 6) is 0.454. The van der Waals surface area contributed by atoms with Crippen molar-refractivity contribution in [3.05, 3.63) is 64.3 Å². The summed E-state index contributed by atoms with van der Waals surface area (Å²) in [6.07, 6.45) is 1.36. The van der Waals surface area contributed by atoms with Crippen molar-refractivity contribution in [2.75, 3.05) is 44.2 Å². The van der Waals surface area contributed by atoms with E-state index in [4.69, 9.17) is 16.3 Å². The van der Waals surface area contributed by atoms with E-state index in [9.17, 15) is 22.8 Å². The van der Waals surface area contributed by atoms with Gasteiger partial charge in [-0.15, -0.1) is 0 Å². The highest BCUT2D eigenvalue weighted by molar-refractivity contribution is 6.31. The van der Waals surface area contributed by atoms with Crippen LogP contribution in [-0.4, -0.2) is 78.1 Å². The monoisotopic (exact) mass is 562 g/mol. The van der Waals surface area contributed by atoms with Gasteiger partial charge in [-0.2, -0.15) is 13.2 Å². The number of amides is 1. The molecule has 39 heavy (non-hydrogen) atoms. The molecule has 208 valence electrons. The summed E-state index contributed by atoms with van der Waals surface area (Å²) in [6, 6.07) is 8.01. The Kier molecular flexibility index (Phi) is 7.87. The maximum absolute atomic E-state index is 13.3. The summed E-state index contributed by atoms with van der Waals surface area (Å²) in [4.78, 5) is 35.8. The molecule has 2 bridgehead atoms. The average molecular weight is 563 g/mol. The highest BCUT2D eigenvalue weighted by Gasteiger charge is 2.41. The first kappa shape index (κ1) is 27.5. The van der Waals surface area contributed by atoms with E-state index in [0.717, 1.165) is 43.4 Å². The maximum atomic E-state index is 13.3. The zero-order chi connectivity index (χ0) is 27.7. The minimum absolute atomic E-state index is 0.0159. The van der Waals surface area contributed by atoms with Crippen molar-refractivity contribution in [2.24, 2.45) is 0 Å². The van der Waals surface area contributed by atoms with Crippen LogP contribution in [0.5, 0.6) is 0 Å². The van der Waals surface area contributed by atoms with Crippen molar-refractivity contribution in [2.45, 2.75) is 44.4 Å². The summed E-state index contributed by atoms with van der Waals surface area (Å²) < 4.78 is 44.8. The number of pyridine rings is 1. The number of likely N-dealkylation sites (tertiary alicyclic amines) is 1. The zero-order valence-electron chi connectivity index (χ0n) is 21.6. The van der Waals surface area contributed by atoms with Gasteiger partial charge in [0.25, 0.3) is 0 Å². The molecule has 11 heteroatoms. The lowest BCUT2D eigenvalue weighted by Crippen LogP contribution is -2.56. The van der Waals surface area contributed by atoms with Crippen LogP contribution < -0.4 is 4.90 Å². The molecule has 2 aromatic rings. The normalized spacial score (nSPS) is 21.6. The maximum Gasteiger partial charge on any atom is 0.417 e. The molecule has 2 saturated heterocycles. The molecule has 0 radical (unpaired) electrons. The SMILES string of the molecule is CCOC(=O)c1ccc(N2C3CCC2CN(CC(=O)N2CC=C(c4ccc(Cl)c(C(F)(F)F)c4)CC2)C3)nc1. The Balaban J connectivity index is 1.17. The Morgan fingerprint density at radius 1 is 1.13 bits per heavy atom. The molecule has 2 fully saturated rings. The minimum atomic E-state index is -4.52. The van der Waals surface area contributed by atoms with Crippen molar-refractivity contribution >= 4 is 34.9 Å². The van der Waals surface area contributed by atoms with Gasteiger partial charge in [0, 0.05) is 44.5 Å². The van der Waals surface area contributed by atoms with Gasteiger partial charge in [0.15, 0.2) is 0 Å². The molecule has 4 heterocycles. The van der Waals surface area contributed by atoms with Gasteiger partial charge in [-0.25, -0.2) is 9.78 Å². The van der Waals surface area contributed by atoms with E-state index in [0.29, 0.717) is 43.8 Å². The van der Waals surface area contributed by atoms with Gasteiger partial charge in [-0.05, 0) is 61.6 Å². The van der Waals surface area contributed by atoms with Gasteiger partial charge < -0.3 is 14.5 Å². The second kappa shape index (κ2) is 11.2. The average Bonchev–Trinajstić information content (AvgIpc) is 3.18. The Bertz CT molecular complexity index is 1250. The van der Waals surface area contributed by atoms with Gasteiger partial charge in [-0.1, -0.05) is 23.7 Å². The van der Waals surface area contributed by atoms with E-state index >= 15 is 0 Å². The number of alkyl halides is 3. The standard InChI is InChI=1S/C28H30ClF3N4O3/c1-2-39-27(38)20-4-8-25(33-14-20)36-21-5-6-22(36)16-34(15-21)17-26(37)35-11-9-18(10-12-35)19-3-7-24(29)23(13-19)28(30,31)32/h3-4,7-9,13-14,21-22H,2,5-6,10-12,15-17H2,1H3. The molecule has 7 nitrogen and oxygen atoms in total. The largest absolute Gasteiger partial charge is 0.462 e. The molecule has 1 amide bonds. The lowest BCUT2D eigenvalue weighted by Gasteiger charge is -2.42. The number of esters is 1. The van der Waals surface area contributed by atoms with Gasteiger partial charge in [0.05, 0.1) is 29.3 Å². The smallest absolute Gasteiger partial charge is 0.417 e. The molecular formula is C28H30ClF3N4O3. The lowest BCUT2D eigenvalue weighted by molar-refractivity contribution is -0.137. The van der Waals surface area contributed by atoms with Crippen LogP contribution >= 0.6 is 11.6 Å². The topological polar surface area (TPSA) is 66.0 Å². The number of rotatable bonds is 6. The molecule has 0 saturated carbocycles. The van der Waals surface area contributed by atoms with Crippen molar-refractivity contribution in [1.82, 2.24) is 14.8 Å². The molecule has 2 atom stereocenters. The number of piperazine rings is 1. The zero-order valence-corrected chi connectivity index (χ0v) is 22.3. The van der Waals surface area contributed by atoms with Crippen LogP contribution in [0.15, 0.2) is 42.6 Å². The molecule has 1 aromatic heterocycles. The third kappa shape index (κ3) is 5.91. The Labute approximate surface area is 230 Å². The minimum Gasteiger partial charge on any atom is -0.462 e. The highest BCUT2D eigenvalue weighted by atomic mass is 35.5. The first-order valence-electron chi connectivity index (χ1n) is 13.1. The lowest BCUT2D eigenvalue weighted by atomic mass is 9.97. The van der Waals surface area contributed by atoms with Crippen molar-refractivity contribution in [1.29, 1.82) is 0 Å². The van der Waals surface area contributed by atoms with Crippen LogP contribution in [0.1, 0.15) is 47.7 Å². The predicted molar refractivity (Wildman–Crippen MR) is 142 cm³/mol. The van der Waals surface area contributed by atoms with Gasteiger partial charge >= 0.3 is 12.1 Å². The second-order valence-electron chi connectivity index (χ2n) is 10.1. The summed E-state index contributed by atoms with van der Waals surface area (Å²) in [5.41, 5.74) is 0.845. The van der Waals surface area contributed by atoms with Crippen LogP contribution in [-0.2, 0) is 15.7 Å². The molecule has 0 aliphatic carbocycles. The number of nitrogens with zero attached hydrogens (tertiary/aromatic N) is 4. The molecule has 2 unspecified atom stereocenters. The number of fused-ring (bicyclic) bond motifs is 2. The molecule has 1 aromatic carbocycles. The third-order valence-corrected chi connectivity index (χ3v) is 7.97. The first-order chi connectivity index (χ1) is 18.6. The highest BCUT2D eigenvalue weighted by Crippen LogP contribution is 2.37. The second-order valence-corrected chi connectivity index (χ2v) is 10.5. The van der Waals surface area contributed by atoms with E-state index in [-0.39, 0.29) is 29.0 Å². The van der Waals surface area contributed by atoms with Crippen LogP contribution in [0, 0.1) is 0 Å². The molecule has 5 rings (SSSR count). The van der Waals surface area contributed by atoms with Crippen molar-refractivity contribution < 1.29 is 27.5 Å². The predicted octanol–water partition coefficient (Wildman–Crippen LogP) is 4.90.